The van der Waals surface area contributed by atoms with Gasteiger partial charge in [0.05, 0.1) is 12.1 Å². The molecule has 4 unspecified atom stereocenters. The average molecular weight is 381 g/mol. The molecule has 2 aliphatic rings. The van der Waals surface area contributed by atoms with Gasteiger partial charge in [-0.25, -0.2) is 10.9 Å². The number of amides is 1. The summed E-state index contributed by atoms with van der Waals surface area (Å²) < 4.78 is 0. The normalized spacial score (nSPS) is 26.6. The van der Waals surface area contributed by atoms with Crippen LogP contribution in [-0.2, 0) is 11.2 Å². The van der Waals surface area contributed by atoms with Crippen LogP contribution in [0, 0.1) is 5.92 Å². The van der Waals surface area contributed by atoms with Crippen molar-refractivity contribution >= 4 is 5.91 Å². The number of carbonyl (C=O) groups excluding carboxylic acids is 1. The van der Waals surface area contributed by atoms with Crippen LogP contribution in [0.2, 0.25) is 0 Å². The van der Waals surface area contributed by atoms with Gasteiger partial charge in [0.1, 0.15) is 11.8 Å². The molecule has 6 heteroatoms. The van der Waals surface area contributed by atoms with Crippen LogP contribution in [0.5, 0.6) is 5.75 Å². The number of aliphatic hydroxyl groups excluding tert-OH is 1. The Morgan fingerprint density at radius 3 is 2.43 bits per heavy atom. The van der Waals surface area contributed by atoms with Crippen LogP contribution >= 0.6 is 0 Å². The molecule has 0 bridgehead atoms. The second-order valence-corrected chi connectivity index (χ2v) is 7.53. The lowest BCUT2D eigenvalue weighted by atomic mass is 9.83. The van der Waals surface area contributed by atoms with Crippen LogP contribution in [0.1, 0.15) is 42.1 Å². The summed E-state index contributed by atoms with van der Waals surface area (Å²) in [4.78, 5) is 15.0. The Morgan fingerprint density at radius 1 is 1.04 bits per heavy atom. The molecule has 2 aromatic rings. The zero-order valence-corrected chi connectivity index (χ0v) is 16.0. The number of aryl methyl sites for hydroxylation is 1. The first-order valence-corrected chi connectivity index (χ1v) is 9.94. The number of phenols is 1. The summed E-state index contributed by atoms with van der Waals surface area (Å²) in [6.07, 6.45) is 1.51. The number of carbonyl (C=O) groups is 1. The first-order valence-electron chi connectivity index (χ1n) is 9.94. The lowest BCUT2D eigenvalue weighted by Crippen LogP contribution is -2.41. The number of nitrogens with zero attached hydrogens (tertiary/aromatic N) is 1. The van der Waals surface area contributed by atoms with Crippen molar-refractivity contribution in [1.29, 1.82) is 0 Å². The van der Waals surface area contributed by atoms with Gasteiger partial charge in [-0.2, -0.15) is 0 Å². The molecule has 2 aromatic carbocycles. The molecule has 28 heavy (non-hydrogen) atoms. The molecular weight excluding hydrogens is 354 g/mol. The van der Waals surface area contributed by atoms with Gasteiger partial charge in [-0.3, -0.25) is 4.79 Å². The molecule has 1 amide bonds. The Bertz CT molecular complexity index is 839. The summed E-state index contributed by atoms with van der Waals surface area (Å²) in [7, 11) is 0. The third-order valence-electron chi connectivity index (χ3n) is 5.97. The number of para-hydroxylation sites is 1. The number of rotatable bonds is 6. The highest BCUT2D eigenvalue weighted by molar-refractivity contribution is 5.86. The van der Waals surface area contributed by atoms with Gasteiger partial charge in [0, 0.05) is 24.6 Å². The minimum absolute atomic E-state index is 0.0356. The van der Waals surface area contributed by atoms with Crippen molar-refractivity contribution in [3.05, 3.63) is 65.2 Å². The number of nitrogens with one attached hydrogen (secondary N) is 2. The molecule has 0 aromatic heterocycles. The van der Waals surface area contributed by atoms with Crippen molar-refractivity contribution in [2.75, 3.05) is 13.2 Å². The van der Waals surface area contributed by atoms with Gasteiger partial charge in [0.25, 0.3) is 0 Å². The molecule has 4 rings (SSSR count). The number of fused-ring (bicyclic) bond motifs is 1. The number of phenolic OH excluding ortho intramolecular Hbond substituents is 1. The van der Waals surface area contributed by atoms with E-state index in [1.165, 1.54) is 5.56 Å². The highest BCUT2D eigenvalue weighted by atomic mass is 16.3. The molecule has 0 saturated carbocycles. The molecule has 2 aliphatic heterocycles. The standard InChI is InChI=1S/C22H27N3O3/c1-2-14-8-10-15(11-9-14)21-18-19(16-6-3-4-7-17(16)27)23-24-20(18)22(28)25(21)12-5-13-26/h3-4,6-11,18-21,23-24,26-27H,2,5,12-13H2,1H3. The van der Waals surface area contributed by atoms with Crippen molar-refractivity contribution in [3.8, 4) is 5.75 Å². The fraction of sp³-hybridized carbons (Fsp3) is 0.409. The molecular formula is C22H27N3O3. The lowest BCUT2D eigenvalue weighted by Gasteiger charge is -2.31. The maximum atomic E-state index is 13.1. The molecule has 6 nitrogen and oxygen atoms in total. The van der Waals surface area contributed by atoms with Gasteiger partial charge < -0.3 is 15.1 Å². The smallest absolute Gasteiger partial charge is 0.242 e. The highest BCUT2D eigenvalue weighted by Gasteiger charge is 2.55. The number of likely N-dealkylation sites (tertiary alicyclic amines) is 1. The quantitative estimate of drug-likeness (QED) is 0.616. The van der Waals surface area contributed by atoms with Gasteiger partial charge in [-0.1, -0.05) is 49.4 Å². The first-order chi connectivity index (χ1) is 13.7. The number of benzene rings is 2. The van der Waals surface area contributed by atoms with E-state index in [2.05, 4.69) is 42.0 Å². The number of aromatic hydroxyl groups is 1. The van der Waals surface area contributed by atoms with Crippen molar-refractivity contribution < 1.29 is 15.0 Å². The minimum Gasteiger partial charge on any atom is -0.508 e. The SMILES string of the molecule is CCc1ccc(C2C3C(NNC3c3ccccc3O)C(=O)N2CCCO)cc1. The maximum Gasteiger partial charge on any atom is 0.242 e. The van der Waals surface area contributed by atoms with Crippen LogP contribution in [0.3, 0.4) is 0 Å². The van der Waals surface area contributed by atoms with Crippen LogP contribution < -0.4 is 10.9 Å². The van der Waals surface area contributed by atoms with E-state index in [9.17, 15) is 15.0 Å². The summed E-state index contributed by atoms with van der Waals surface area (Å²) in [5, 5.41) is 19.7. The highest BCUT2D eigenvalue weighted by Crippen LogP contribution is 2.48. The Morgan fingerprint density at radius 2 is 1.75 bits per heavy atom. The van der Waals surface area contributed by atoms with Crippen molar-refractivity contribution in [1.82, 2.24) is 15.8 Å². The second-order valence-electron chi connectivity index (χ2n) is 7.53. The molecule has 4 N–H and O–H groups in total. The predicted molar refractivity (Wildman–Crippen MR) is 106 cm³/mol. The van der Waals surface area contributed by atoms with Crippen LogP contribution in [0.25, 0.3) is 0 Å². The lowest BCUT2D eigenvalue weighted by molar-refractivity contribution is -0.130. The number of hydrogen-bond acceptors (Lipinski definition) is 5. The summed E-state index contributed by atoms with van der Waals surface area (Å²) in [5.74, 6) is 0.198. The monoisotopic (exact) mass is 381 g/mol. The van der Waals surface area contributed by atoms with E-state index in [1.807, 2.05) is 17.0 Å². The summed E-state index contributed by atoms with van der Waals surface area (Å²) in [5.41, 5.74) is 9.52. The fourth-order valence-electron chi connectivity index (χ4n) is 4.56. The Kier molecular flexibility index (Phi) is 5.35. The zero-order valence-electron chi connectivity index (χ0n) is 16.0. The second kappa shape index (κ2) is 7.91. The van der Waals surface area contributed by atoms with Gasteiger partial charge in [-0.15, -0.1) is 0 Å². The van der Waals surface area contributed by atoms with Crippen molar-refractivity contribution in [2.45, 2.75) is 37.9 Å². The molecule has 2 fully saturated rings. The van der Waals surface area contributed by atoms with E-state index in [0.717, 1.165) is 17.5 Å². The van der Waals surface area contributed by atoms with Crippen LogP contribution in [0.4, 0.5) is 0 Å². The number of hydrogen-bond donors (Lipinski definition) is 4. The third-order valence-corrected chi connectivity index (χ3v) is 5.97. The van der Waals surface area contributed by atoms with Crippen LogP contribution in [-0.4, -0.2) is 40.2 Å². The fourth-order valence-corrected chi connectivity index (χ4v) is 4.56. The van der Waals surface area contributed by atoms with Crippen molar-refractivity contribution in [3.63, 3.8) is 0 Å². The van der Waals surface area contributed by atoms with E-state index < -0.39 is 0 Å². The first kappa shape index (κ1) is 18.9. The van der Waals surface area contributed by atoms with Gasteiger partial charge in [0.2, 0.25) is 5.91 Å². The third kappa shape index (κ3) is 3.17. The molecule has 148 valence electrons. The van der Waals surface area contributed by atoms with Gasteiger partial charge in [-0.05, 0) is 30.0 Å². The maximum absolute atomic E-state index is 13.1. The summed E-state index contributed by atoms with van der Waals surface area (Å²) in [6.45, 7) is 2.68. The molecule has 2 saturated heterocycles. The molecule has 0 aliphatic carbocycles. The Balaban J connectivity index is 1.74. The minimum atomic E-state index is -0.362. The van der Waals surface area contributed by atoms with Gasteiger partial charge >= 0.3 is 0 Å². The van der Waals surface area contributed by atoms with E-state index in [-0.39, 0.29) is 42.3 Å². The average Bonchev–Trinajstić information content (AvgIpc) is 3.26. The summed E-state index contributed by atoms with van der Waals surface area (Å²) in [6, 6.07) is 15.0. The predicted octanol–water partition coefficient (Wildman–Crippen LogP) is 2.05. The van der Waals surface area contributed by atoms with E-state index >= 15 is 0 Å². The van der Waals surface area contributed by atoms with E-state index in [4.69, 9.17) is 0 Å². The van der Waals surface area contributed by atoms with Crippen molar-refractivity contribution in [2.24, 2.45) is 5.92 Å². The van der Waals surface area contributed by atoms with E-state index in [0.29, 0.717) is 13.0 Å². The topological polar surface area (TPSA) is 84.8 Å². The van der Waals surface area contributed by atoms with Crippen LogP contribution in [0.15, 0.2) is 48.5 Å². The Labute approximate surface area is 165 Å². The number of aliphatic hydroxyl groups is 1. The number of hydrazine groups is 1. The molecule has 0 radical (unpaired) electrons. The zero-order chi connectivity index (χ0) is 19.7. The molecule has 4 atom stereocenters. The molecule has 2 heterocycles. The molecule has 0 spiro atoms. The largest absolute Gasteiger partial charge is 0.508 e. The summed E-state index contributed by atoms with van der Waals surface area (Å²) >= 11 is 0. The van der Waals surface area contributed by atoms with Gasteiger partial charge in [0.15, 0.2) is 0 Å². The van der Waals surface area contributed by atoms with E-state index in [1.54, 1.807) is 12.1 Å². The Hall–Kier alpha value is -2.41.